The van der Waals surface area contributed by atoms with Crippen molar-refractivity contribution in [1.29, 1.82) is 0 Å². The number of carbonyl (C=O) groups is 1. The quantitative estimate of drug-likeness (QED) is 0.659. The molecule has 2 rings (SSSR count). The Labute approximate surface area is 97.5 Å². The van der Waals surface area contributed by atoms with E-state index in [9.17, 15) is 4.79 Å². The minimum absolute atomic E-state index is 0.0391. The third-order valence-corrected chi connectivity index (χ3v) is 3.82. The second-order valence-electron chi connectivity index (χ2n) is 5.09. The molecular formula is C12H22N2O2. The fourth-order valence-electron chi connectivity index (χ4n) is 2.82. The first-order chi connectivity index (χ1) is 7.70. The summed E-state index contributed by atoms with van der Waals surface area (Å²) < 4.78 is 4.80. The van der Waals surface area contributed by atoms with Crippen molar-refractivity contribution in [3.63, 3.8) is 0 Å². The van der Waals surface area contributed by atoms with Gasteiger partial charge in [-0.1, -0.05) is 0 Å². The van der Waals surface area contributed by atoms with Gasteiger partial charge in [-0.2, -0.15) is 0 Å². The highest BCUT2D eigenvalue weighted by atomic mass is 16.5. The fourth-order valence-corrected chi connectivity index (χ4v) is 2.82. The highest BCUT2D eigenvalue weighted by Gasteiger charge is 2.36. The number of ether oxygens (including phenoxy) is 1. The predicted molar refractivity (Wildman–Crippen MR) is 62.2 cm³/mol. The Hall–Kier alpha value is -0.610. The zero-order valence-electron chi connectivity index (χ0n) is 10.3. The number of hydrogen-bond acceptors (Lipinski definition) is 4. The Balaban J connectivity index is 1.79. The van der Waals surface area contributed by atoms with Gasteiger partial charge in [0.05, 0.1) is 7.11 Å². The van der Waals surface area contributed by atoms with Gasteiger partial charge in [0.25, 0.3) is 0 Å². The second kappa shape index (κ2) is 5.15. The van der Waals surface area contributed by atoms with E-state index in [0.29, 0.717) is 0 Å². The van der Waals surface area contributed by atoms with Crippen molar-refractivity contribution < 1.29 is 9.53 Å². The summed E-state index contributed by atoms with van der Waals surface area (Å²) in [7, 11) is 3.66. The minimum atomic E-state index is -0.0598. The van der Waals surface area contributed by atoms with E-state index in [1.54, 1.807) is 0 Å². The largest absolute Gasteiger partial charge is 0.468 e. The van der Waals surface area contributed by atoms with E-state index in [2.05, 4.69) is 16.8 Å². The first-order valence-electron chi connectivity index (χ1n) is 6.21. The molecule has 4 nitrogen and oxygen atoms in total. The Morgan fingerprint density at radius 1 is 1.38 bits per heavy atom. The maximum Gasteiger partial charge on any atom is 0.323 e. The summed E-state index contributed by atoms with van der Waals surface area (Å²) in [6, 6.07) is 0.0391. The summed E-state index contributed by atoms with van der Waals surface area (Å²) in [5, 5.41) is 0. The molecular weight excluding hydrogens is 204 g/mol. The molecule has 0 bridgehead atoms. The smallest absolute Gasteiger partial charge is 0.323 e. The summed E-state index contributed by atoms with van der Waals surface area (Å²) in [5.41, 5.74) is 0. The molecule has 0 aromatic carbocycles. The average molecular weight is 226 g/mol. The van der Waals surface area contributed by atoms with Crippen LogP contribution >= 0.6 is 0 Å². The molecule has 0 spiro atoms. The molecule has 2 unspecified atom stereocenters. The van der Waals surface area contributed by atoms with E-state index in [0.717, 1.165) is 25.4 Å². The van der Waals surface area contributed by atoms with E-state index in [-0.39, 0.29) is 12.0 Å². The molecule has 2 aliphatic heterocycles. The molecule has 0 saturated carbocycles. The van der Waals surface area contributed by atoms with Gasteiger partial charge in [0.1, 0.15) is 6.04 Å². The lowest BCUT2D eigenvalue weighted by Crippen LogP contribution is -2.55. The SMILES string of the molecule is COC(=O)C1CCN1CC1CCCN(C)C1. The number of piperidine rings is 1. The standard InChI is InChI=1S/C12H22N2O2/c1-13-6-3-4-10(8-13)9-14-7-5-11(14)12(15)16-2/h10-11H,3-9H2,1-2H3. The predicted octanol–water partition coefficient (Wildman–Crippen LogP) is 0.575. The Morgan fingerprint density at radius 3 is 2.75 bits per heavy atom. The van der Waals surface area contributed by atoms with Gasteiger partial charge in [0.15, 0.2) is 0 Å². The first kappa shape index (κ1) is 11.9. The third-order valence-electron chi connectivity index (χ3n) is 3.82. The van der Waals surface area contributed by atoms with Gasteiger partial charge in [-0.25, -0.2) is 0 Å². The van der Waals surface area contributed by atoms with Crippen LogP contribution in [0.2, 0.25) is 0 Å². The lowest BCUT2D eigenvalue weighted by Gasteiger charge is -2.42. The van der Waals surface area contributed by atoms with Crippen molar-refractivity contribution in [2.24, 2.45) is 5.92 Å². The van der Waals surface area contributed by atoms with Crippen LogP contribution in [0.25, 0.3) is 0 Å². The molecule has 4 heteroatoms. The van der Waals surface area contributed by atoms with E-state index in [1.807, 2.05) is 0 Å². The molecule has 0 aliphatic carbocycles. The Morgan fingerprint density at radius 2 is 2.19 bits per heavy atom. The average Bonchev–Trinajstić information content (AvgIpc) is 2.24. The van der Waals surface area contributed by atoms with Gasteiger partial charge >= 0.3 is 5.97 Å². The number of likely N-dealkylation sites (tertiary alicyclic amines) is 2. The lowest BCUT2D eigenvalue weighted by molar-refractivity contribution is -0.152. The van der Waals surface area contributed by atoms with Crippen molar-refractivity contribution in [3.8, 4) is 0 Å². The molecule has 0 aromatic rings. The molecule has 2 heterocycles. The maximum atomic E-state index is 11.4. The topological polar surface area (TPSA) is 32.8 Å². The van der Waals surface area contributed by atoms with Gasteiger partial charge in [-0.05, 0) is 38.8 Å². The van der Waals surface area contributed by atoms with Crippen LogP contribution in [0, 0.1) is 5.92 Å². The van der Waals surface area contributed by atoms with Gasteiger partial charge < -0.3 is 9.64 Å². The van der Waals surface area contributed by atoms with Crippen LogP contribution in [0.15, 0.2) is 0 Å². The van der Waals surface area contributed by atoms with Crippen LogP contribution < -0.4 is 0 Å². The molecule has 2 atom stereocenters. The second-order valence-corrected chi connectivity index (χ2v) is 5.09. The zero-order chi connectivity index (χ0) is 11.5. The van der Waals surface area contributed by atoms with Crippen LogP contribution in [0.5, 0.6) is 0 Å². The van der Waals surface area contributed by atoms with Crippen LogP contribution in [0.3, 0.4) is 0 Å². The molecule has 0 aromatic heterocycles. The highest BCUT2D eigenvalue weighted by Crippen LogP contribution is 2.23. The minimum Gasteiger partial charge on any atom is -0.468 e. The van der Waals surface area contributed by atoms with E-state index < -0.39 is 0 Å². The normalized spacial score (nSPS) is 32.1. The zero-order valence-corrected chi connectivity index (χ0v) is 10.3. The van der Waals surface area contributed by atoms with E-state index >= 15 is 0 Å². The molecule has 92 valence electrons. The van der Waals surface area contributed by atoms with Crippen molar-refractivity contribution in [1.82, 2.24) is 9.80 Å². The third kappa shape index (κ3) is 2.55. The number of carbonyl (C=O) groups excluding carboxylic acids is 1. The molecule has 2 fully saturated rings. The van der Waals surface area contributed by atoms with Gasteiger partial charge in [-0.3, -0.25) is 9.69 Å². The molecule has 2 saturated heterocycles. The lowest BCUT2D eigenvalue weighted by atomic mass is 9.94. The van der Waals surface area contributed by atoms with Crippen LogP contribution in [-0.4, -0.2) is 62.1 Å². The summed E-state index contributed by atoms with van der Waals surface area (Å²) in [6.45, 7) is 4.51. The fraction of sp³-hybridized carbons (Fsp3) is 0.917. The maximum absolute atomic E-state index is 11.4. The summed E-state index contributed by atoms with van der Waals surface area (Å²) in [5.74, 6) is 0.668. The monoisotopic (exact) mass is 226 g/mol. The van der Waals surface area contributed by atoms with Crippen LogP contribution in [-0.2, 0) is 9.53 Å². The number of esters is 1. The highest BCUT2D eigenvalue weighted by molar-refractivity contribution is 5.76. The number of nitrogens with zero attached hydrogens (tertiary/aromatic N) is 2. The van der Waals surface area contributed by atoms with Crippen LogP contribution in [0.1, 0.15) is 19.3 Å². The number of hydrogen-bond donors (Lipinski definition) is 0. The summed E-state index contributed by atoms with van der Waals surface area (Å²) >= 11 is 0. The Bertz CT molecular complexity index is 257. The molecule has 2 aliphatic rings. The van der Waals surface area contributed by atoms with Gasteiger partial charge in [-0.15, -0.1) is 0 Å². The van der Waals surface area contributed by atoms with Gasteiger partial charge in [0, 0.05) is 19.6 Å². The summed E-state index contributed by atoms with van der Waals surface area (Å²) in [4.78, 5) is 16.1. The van der Waals surface area contributed by atoms with Crippen molar-refractivity contribution in [3.05, 3.63) is 0 Å². The van der Waals surface area contributed by atoms with Crippen molar-refractivity contribution in [2.45, 2.75) is 25.3 Å². The summed E-state index contributed by atoms with van der Waals surface area (Å²) in [6.07, 6.45) is 3.56. The molecule has 16 heavy (non-hydrogen) atoms. The van der Waals surface area contributed by atoms with Gasteiger partial charge in [0.2, 0.25) is 0 Å². The van der Waals surface area contributed by atoms with Crippen molar-refractivity contribution in [2.75, 3.05) is 40.3 Å². The molecule has 0 radical (unpaired) electrons. The molecule has 0 amide bonds. The Kier molecular flexibility index (Phi) is 3.82. The first-order valence-corrected chi connectivity index (χ1v) is 6.21. The number of methoxy groups -OCH3 is 1. The van der Waals surface area contributed by atoms with E-state index in [1.165, 1.54) is 33.0 Å². The number of rotatable bonds is 3. The van der Waals surface area contributed by atoms with Crippen LogP contribution in [0.4, 0.5) is 0 Å². The van der Waals surface area contributed by atoms with E-state index in [4.69, 9.17) is 4.74 Å². The van der Waals surface area contributed by atoms with Crippen molar-refractivity contribution >= 4 is 5.97 Å². The molecule has 0 N–H and O–H groups in total.